The molecule has 0 rings (SSSR count). The van der Waals surface area contributed by atoms with Crippen LogP contribution in [-0.2, 0) is 9.59 Å². The van der Waals surface area contributed by atoms with Gasteiger partial charge in [-0.05, 0) is 52.4 Å². The minimum absolute atomic E-state index is 0. The summed E-state index contributed by atoms with van der Waals surface area (Å²) < 4.78 is 0. The van der Waals surface area contributed by atoms with Gasteiger partial charge in [-0.1, -0.05) is 197 Å². The highest BCUT2D eigenvalue weighted by atomic mass is 16.1. The van der Waals surface area contributed by atoms with Gasteiger partial charge >= 0.3 is 0 Å². The van der Waals surface area contributed by atoms with Crippen LogP contribution in [0.5, 0.6) is 0 Å². The van der Waals surface area contributed by atoms with E-state index in [4.69, 9.17) is 0 Å². The predicted octanol–water partition coefficient (Wildman–Crippen LogP) is 16.3. The smallest absolute Gasteiger partial charge is 0.132 e. The number of rotatable bonds is 28. The lowest BCUT2D eigenvalue weighted by Crippen LogP contribution is -2.10. The first-order valence-electron chi connectivity index (χ1n) is 19.4. The van der Waals surface area contributed by atoms with Crippen LogP contribution in [0, 0.1) is 11.8 Å². The van der Waals surface area contributed by atoms with Gasteiger partial charge in [0.05, 0.1) is 0 Å². The average molecular weight is 653 g/mol. The number of ketones is 2. The highest BCUT2D eigenvalue weighted by molar-refractivity contribution is 5.78. The van der Waals surface area contributed by atoms with Crippen molar-refractivity contribution in [3.05, 3.63) is 25.3 Å². The van der Waals surface area contributed by atoms with Crippen LogP contribution in [0.4, 0.5) is 0 Å². The molecule has 0 aromatic heterocycles. The fourth-order valence-electron chi connectivity index (χ4n) is 4.68. The third-order valence-corrected chi connectivity index (χ3v) is 8.22. The van der Waals surface area contributed by atoms with Crippen LogP contribution in [0.15, 0.2) is 25.3 Å². The molecular formula is C44H92O2. The molecule has 0 unspecified atom stereocenters. The van der Waals surface area contributed by atoms with Crippen LogP contribution >= 0.6 is 0 Å². The second-order valence-corrected chi connectivity index (χ2v) is 13.2. The van der Waals surface area contributed by atoms with Crippen molar-refractivity contribution in [1.29, 1.82) is 0 Å². The number of unbranched alkanes of at least 4 members (excludes halogenated alkanes) is 20. The van der Waals surface area contributed by atoms with E-state index in [1.807, 2.05) is 26.0 Å². The second kappa shape index (κ2) is 53.3. The maximum absolute atomic E-state index is 11.7. The van der Waals surface area contributed by atoms with E-state index in [0.717, 1.165) is 12.8 Å². The third-order valence-electron chi connectivity index (χ3n) is 8.22. The largest absolute Gasteiger partial charge is 0.300 e. The van der Waals surface area contributed by atoms with E-state index in [1.54, 1.807) is 13.8 Å². The molecule has 0 fully saturated rings. The van der Waals surface area contributed by atoms with Gasteiger partial charge < -0.3 is 0 Å². The molecule has 0 aliphatic heterocycles. The molecule has 2 nitrogen and oxygen atoms in total. The topological polar surface area (TPSA) is 34.1 Å². The highest BCUT2D eigenvalue weighted by Crippen LogP contribution is 2.20. The first kappa shape index (κ1) is 57.1. The zero-order chi connectivity index (χ0) is 34.1. The van der Waals surface area contributed by atoms with Crippen molar-refractivity contribution in [1.82, 2.24) is 0 Å². The zero-order valence-corrected chi connectivity index (χ0v) is 31.9. The Hall–Kier alpha value is -1.18. The van der Waals surface area contributed by atoms with Gasteiger partial charge in [0.1, 0.15) is 11.6 Å². The zero-order valence-electron chi connectivity index (χ0n) is 31.9. The Morgan fingerprint density at radius 3 is 0.913 bits per heavy atom. The van der Waals surface area contributed by atoms with E-state index in [2.05, 4.69) is 40.9 Å². The van der Waals surface area contributed by atoms with Gasteiger partial charge in [-0.25, -0.2) is 0 Å². The van der Waals surface area contributed by atoms with Gasteiger partial charge in [0.15, 0.2) is 0 Å². The van der Waals surface area contributed by atoms with E-state index in [0.29, 0.717) is 11.7 Å². The summed E-state index contributed by atoms with van der Waals surface area (Å²) in [6.07, 6.45) is 38.4. The minimum Gasteiger partial charge on any atom is -0.300 e. The molecule has 0 aromatic rings. The molecule has 0 saturated carbocycles. The summed E-state index contributed by atoms with van der Waals surface area (Å²) in [5.41, 5.74) is 0. The minimum atomic E-state index is 0. The Bertz CT molecular complexity index is 528. The van der Waals surface area contributed by atoms with Gasteiger partial charge in [0, 0.05) is 11.8 Å². The average Bonchev–Trinajstić information content (AvgIpc) is 3.00. The van der Waals surface area contributed by atoms with Gasteiger partial charge in [-0.15, -0.1) is 13.2 Å². The van der Waals surface area contributed by atoms with Crippen molar-refractivity contribution in [3.63, 3.8) is 0 Å². The molecule has 0 atom stereocenters. The summed E-state index contributed by atoms with van der Waals surface area (Å²) in [6, 6.07) is 0. The lowest BCUT2D eigenvalue weighted by atomic mass is 9.91. The summed E-state index contributed by atoms with van der Waals surface area (Å²) in [6.45, 7) is 23.5. The fraction of sp³-hybridized carbons (Fsp3) is 0.864. The molecule has 0 aliphatic carbocycles. The normalized spacial score (nSPS) is 9.78. The molecule has 0 amide bonds. The standard InChI is InChI=1S/C19H38O.2C9H18.C5H10O.2CH4/c1-4-6-8-10-12-14-16-19(18(3)20)17-15-13-11-9-7-5-2;2*1-3-5-7-9-8-6-4-2;1-4(2)5(3)6;;/h19H,4-17H2,1-3H3;2*3H,1,4-9H2,2H3;4H,1-3H3;2*1H4. The molecule has 46 heavy (non-hydrogen) atoms. The van der Waals surface area contributed by atoms with Crippen LogP contribution in [0.2, 0.25) is 0 Å². The summed E-state index contributed by atoms with van der Waals surface area (Å²) in [5, 5.41) is 0. The number of carbonyl (C=O) groups excluding carboxylic acids is 2. The monoisotopic (exact) mass is 653 g/mol. The Balaban J connectivity index is -0.000000129. The van der Waals surface area contributed by atoms with Crippen molar-refractivity contribution in [2.75, 3.05) is 0 Å². The SMILES string of the molecule is C.C.C=CCCCCCCC.C=CCCCCCCC.CC(=O)C(C)C.CCCCCCCCC(CCCCCCCC)C(C)=O. The molecule has 0 N–H and O–H groups in total. The first-order chi connectivity index (χ1) is 21.2. The Morgan fingerprint density at radius 1 is 0.457 bits per heavy atom. The number of allylic oxidation sites excluding steroid dienone is 2. The lowest BCUT2D eigenvalue weighted by Gasteiger charge is -2.13. The van der Waals surface area contributed by atoms with Crippen LogP contribution < -0.4 is 0 Å². The van der Waals surface area contributed by atoms with Gasteiger partial charge in [0.2, 0.25) is 0 Å². The van der Waals surface area contributed by atoms with Gasteiger partial charge in [-0.2, -0.15) is 0 Å². The van der Waals surface area contributed by atoms with Crippen molar-refractivity contribution < 1.29 is 9.59 Å². The second-order valence-electron chi connectivity index (χ2n) is 13.2. The number of hydrogen-bond acceptors (Lipinski definition) is 2. The van der Waals surface area contributed by atoms with Crippen molar-refractivity contribution in [3.8, 4) is 0 Å². The molecule has 0 radical (unpaired) electrons. The third kappa shape index (κ3) is 61.8. The molecule has 0 aromatic carbocycles. The molecule has 0 bridgehead atoms. The summed E-state index contributed by atoms with van der Waals surface area (Å²) >= 11 is 0. The summed E-state index contributed by atoms with van der Waals surface area (Å²) in [5.74, 6) is 1.25. The van der Waals surface area contributed by atoms with Crippen LogP contribution in [0.3, 0.4) is 0 Å². The molecule has 0 aliphatic rings. The predicted molar refractivity (Wildman–Crippen MR) is 216 cm³/mol. The van der Waals surface area contributed by atoms with E-state index in [-0.39, 0.29) is 26.6 Å². The Morgan fingerprint density at radius 2 is 0.696 bits per heavy atom. The van der Waals surface area contributed by atoms with Crippen molar-refractivity contribution in [2.45, 2.75) is 237 Å². The molecule has 280 valence electrons. The Labute approximate surface area is 294 Å². The number of carbonyl (C=O) groups is 2. The first-order valence-corrected chi connectivity index (χ1v) is 19.4. The van der Waals surface area contributed by atoms with Crippen LogP contribution in [-0.4, -0.2) is 11.6 Å². The quantitative estimate of drug-likeness (QED) is 0.0622. The highest BCUT2D eigenvalue weighted by Gasteiger charge is 2.13. The maximum atomic E-state index is 11.7. The van der Waals surface area contributed by atoms with Gasteiger partial charge in [0.25, 0.3) is 0 Å². The molecular weight excluding hydrogens is 560 g/mol. The lowest BCUT2D eigenvalue weighted by molar-refractivity contribution is -0.121. The molecule has 0 spiro atoms. The summed E-state index contributed by atoms with van der Waals surface area (Å²) in [7, 11) is 0. The van der Waals surface area contributed by atoms with E-state index in [1.165, 1.54) is 154 Å². The van der Waals surface area contributed by atoms with Gasteiger partial charge in [-0.3, -0.25) is 9.59 Å². The maximum Gasteiger partial charge on any atom is 0.132 e. The van der Waals surface area contributed by atoms with E-state index < -0.39 is 0 Å². The van der Waals surface area contributed by atoms with Crippen LogP contribution in [0.1, 0.15) is 237 Å². The fourth-order valence-corrected chi connectivity index (χ4v) is 4.68. The number of hydrogen-bond donors (Lipinski definition) is 0. The Kier molecular flexibility index (Phi) is 66.2. The van der Waals surface area contributed by atoms with Crippen molar-refractivity contribution in [2.24, 2.45) is 11.8 Å². The number of Topliss-reactive ketones (excluding diaryl/α,β-unsaturated/α-hetero) is 2. The molecule has 0 saturated heterocycles. The molecule has 0 heterocycles. The summed E-state index contributed by atoms with van der Waals surface area (Å²) in [4.78, 5) is 21.8. The van der Waals surface area contributed by atoms with Crippen molar-refractivity contribution >= 4 is 11.6 Å². The van der Waals surface area contributed by atoms with Crippen LogP contribution in [0.25, 0.3) is 0 Å². The molecule has 2 heteroatoms. The van der Waals surface area contributed by atoms with E-state index >= 15 is 0 Å². The van der Waals surface area contributed by atoms with E-state index in [9.17, 15) is 9.59 Å².